The Morgan fingerprint density at radius 2 is 1.71 bits per heavy atom. The summed E-state index contributed by atoms with van der Waals surface area (Å²) in [5, 5.41) is 38.4. The highest BCUT2D eigenvalue weighted by atomic mass is 19.1. The van der Waals surface area contributed by atoms with Gasteiger partial charge in [-0.15, -0.1) is 5.10 Å². The minimum atomic E-state index is -1.63. The highest BCUT2D eigenvalue weighted by molar-refractivity contribution is 6.02. The molecular formula is C32H33F2N5O3. The zero-order valence-electron chi connectivity index (χ0n) is 23.7. The number of nitrogens with one attached hydrogen (secondary N) is 2. The SMILES string of the molecule is Cc1cc2cc(C(=O)NC[C@](O)(c3cc(C(C)(C)O)c(F)c(-c4ccc(F)cc4)n3)C3CC3)cc(NC3CC3)c2nn1. The molecule has 0 saturated heterocycles. The molecule has 2 aliphatic carbocycles. The van der Waals surface area contributed by atoms with Crippen LogP contribution in [0.15, 0.2) is 48.5 Å². The van der Waals surface area contributed by atoms with Gasteiger partial charge in [-0.1, -0.05) is 0 Å². The second kappa shape index (κ2) is 10.4. The van der Waals surface area contributed by atoms with Crippen LogP contribution in [0.1, 0.15) is 66.8 Å². The molecule has 4 N–H and O–H groups in total. The number of hydrogen-bond donors (Lipinski definition) is 4. The summed E-state index contributed by atoms with van der Waals surface area (Å²) in [6, 6.07) is 12.2. The first-order valence-corrected chi connectivity index (χ1v) is 14.2. The third kappa shape index (κ3) is 5.56. The van der Waals surface area contributed by atoms with E-state index in [4.69, 9.17) is 0 Å². The molecule has 1 amide bonds. The first-order chi connectivity index (χ1) is 19.9. The Morgan fingerprint density at radius 1 is 1.00 bits per heavy atom. The number of aromatic nitrogens is 3. The maximum Gasteiger partial charge on any atom is 0.251 e. The predicted octanol–water partition coefficient (Wildman–Crippen LogP) is 5.11. The number of nitrogens with zero attached hydrogens (tertiary/aromatic N) is 3. The molecule has 2 heterocycles. The van der Waals surface area contributed by atoms with Crippen LogP contribution in [-0.4, -0.2) is 43.9 Å². The number of halogens is 2. The number of pyridine rings is 1. The highest BCUT2D eigenvalue weighted by Gasteiger charge is 2.47. The minimum Gasteiger partial charge on any atom is -0.386 e. The molecule has 2 aliphatic rings. The summed E-state index contributed by atoms with van der Waals surface area (Å²) in [5.41, 5.74) is -0.443. The predicted molar refractivity (Wildman–Crippen MR) is 155 cm³/mol. The lowest BCUT2D eigenvalue weighted by Gasteiger charge is -2.31. The fraction of sp³-hybridized carbons (Fsp3) is 0.375. The third-order valence-electron chi connectivity index (χ3n) is 7.96. The van der Waals surface area contributed by atoms with Gasteiger partial charge in [0.1, 0.15) is 22.6 Å². The van der Waals surface area contributed by atoms with Crippen molar-refractivity contribution in [3.63, 3.8) is 0 Å². The molecule has 2 fully saturated rings. The van der Waals surface area contributed by atoms with Crippen LogP contribution < -0.4 is 10.6 Å². The van der Waals surface area contributed by atoms with Crippen LogP contribution in [0.3, 0.4) is 0 Å². The van der Waals surface area contributed by atoms with Crippen molar-refractivity contribution in [1.29, 1.82) is 0 Å². The number of anilines is 1. The van der Waals surface area contributed by atoms with Crippen molar-refractivity contribution in [3.8, 4) is 11.3 Å². The lowest BCUT2D eigenvalue weighted by Crippen LogP contribution is -2.43. The minimum absolute atomic E-state index is 0.0565. The molecule has 4 aromatic rings. The molecule has 1 atom stereocenters. The van der Waals surface area contributed by atoms with Crippen LogP contribution in [-0.2, 0) is 11.2 Å². The van der Waals surface area contributed by atoms with Crippen LogP contribution in [0.5, 0.6) is 0 Å². The van der Waals surface area contributed by atoms with Crippen LogP contribution in [0.25, 0.3) is 22.2 Å². The lowest BCUT2D eigenvalue weighted by atomic mass is 9.87. The average molecular weight is 574 g/mol. The molecule has 0 aliphatic heterocycles. The van der Waals surface area contributed by atoms with Crippen molar-refractivity contribution in [2.75, 3.05) is 11.9 Å². The molecule has 0 spiro atoms. The quantitative estimate of drug-likeness (QED) is 0.220. The molecule has 2 aromatic heterocycles. The number of carbonyl (C=O) groups excluding carboxylic acids is 1. The van der Waals surface area contributed by atoms with Crippen molar-refractivity contribution in [3.05, 3.63) is 82.7 Å². The molecule has 0 radical (unpaired) electrons. The Morgan fingerprint density at radius 3 is 2.36 bits per heavy atom. The number of carbonyl (C=O) groups is 1. The number of rotatable bonds is 9. The third-order valence-corrected chi connectivity index (χ3v) is 7.96. The highest BCUT2D eigenvalue weighted by Crippen LogP contribution is 2.46. The number of aliphatic hydroxyl groups is 2. The molecule has 0 unspecified atom stereocenters. The van der Waals surface area contributed by atoms with Crippen molar-refractivity contribution in [1.82, 2.24) is 20.5 Å². The lowest BCUT2D eigenvalue weighted by molar-refractivity contribution is 0.00864. The zero-order valence-corrected chi connectivity index (χ0v) is 23.7. The van der Waals surface area contributed by atoms with Crippen LogP contribution in [0.4, 0.5) is 14.5 Å². The summed E-state index contributed by atoms with van der Waals surface area (Å²) < 4.78 is 29.3. The number of hydrogen-bond acceptors (Lipinski definition) is 7. The number of benzene rings is 2. The summed E-state index contributed by atoms with van der Waals surface area (Å²) in [6.45, 7) is 4.54. The van der Waals surface area contributed by atoms with E-state index in [2.05, 4.69) is 25.8 Å². The maximum absolute atomic E-state index is 15.7. The standard InChI is InChI=1S/C32H33F2N5O3/c1-17-12-19-13-20(14-25(28(19)39-38-17)36-23-10-11-23)30(40)35-16-32(42,21-6-7-21)26-15-24(31(2,3)41)27(34)29(37-26)18-4-8-22(33)9-5-18/h4-5,8-9,12-15,21,23,36,41-42H,6-7,10-11,16H2,1-3H3,(H,35,40)/t32-/m1/s1. The largest absolute Gasteiger partial charge is 0.386 e. The Balaban J connectivity index is 1.35. The van der Waals surface area contributed by atoms with Crippen LogP contribution >= 0.6 is 0 Å². The van der Waals surface area contributed by atoms with Crippen molar-refractivity contribution < 1.29 is 23.8 Å². The zero-order chi connectivity index (χ0) is 29.8. The van der Waals surface area contributed by atoms with E-state index in [1.165, 1.54) is 44.2 Å². The van der Waals surface area contributed by atoms with Crippen molar-refractivity contribution in [2.24, 2.45) is 5.92 Å². The van der Waals surface area contributed by atoms with Gasteiger partial charge in [0.25, 0.3) is 5.91 Å². The maximum atomic E-state index is 15.7. The first kappa shape index (κ1) is 28.1. The molecule has 6 rings (SSSR count). The van der Waals surface area contributed by atoms with E-state index >= 15 is 4.39 Å². The second-order valence-electron chi connectivity index (χ2n) is 12.0. The first-order valence-electron chi connectivity index (χ1n) is 14.2. The molecule has 2 saturated carbocycles. The van der Waals surface area contributed by atoms with Gasteiger partial charge in [0.15, 0.2) is 5.82 Å². The summed E-state index contributed by atoms with van der Waals surface area (Å²) in [7, 11) is 0. The van der Waals surface area contributed by atoms with Gasteiger partial charge in [0, 0.05) is 28.1 Å². The monoisotopic (exact) mass is 573 g/mol. The molecule has 218 valence electrons. The molecule has 10 heteroatoms. The normalized spacial score (nSPS) is 16.7. The fourth-order valence-corrected chi connectivity index (χ4v) is 5.27. The van der Waals surface area contributed by atoms with Gasteiger partial charge in [0.2, 0.25) is 0 Å². The van der Waals surface area contributed by atoms with Gasteiger partial charge >= 0.3 is 0 Å². The summed E-state index contributed by atoms with van der Waals surface area (Å²) in [6.07, 6.45) is 3.47. The molecular weight excluding hydrogens is 540 g/mol. The fourth-order valence-electron chi connectivity index (χ4n) is 5.27. The Bertz CT molecular complexity index is 1680. The van der Waals surface area contributed by atoms with Gasteiger partial charge < -0.3 is 20.8 Å². The van der Waals surface area contributed by atoms with E-state index in [1.54, 1.807) is 12.1 Å². The van der Waals surface area contributed by atoms with Gasteiger partial charge in [-0.05, 0) is 101 Å². The van der Waals surface area contributed by atoms with E-state index in [-0.39, 0.29) is 29.4 Å². The van der Waals surface area contributed by atoms with E-state index in [0.717, 1.165) is 29.6 Å². The van der Waals surface area contributed by atoms with Crippen LogP contribution in [0.2, 0.25) is 0 Å². The summed E-state index contributed by atoms with van der Waals surface area (Å²) in [5.74, 6) is -1.87. The average Bonchev–Trinajstić information content (AvgIpc) is 3.86. The summed E-state index contributed by atoms with van der Waals surface area (Å²) in [4.78, 5) is 18.0. The van der Waals surface area contributed by atoms with Crippen molar-refractivity contribution >= 4 is 22.5 Å². The Kier molecular flexibility index (Phi) is 6.93. The van der Waals surface area contributed by atoms with Gasteiger partial charge in [-0.25, -0.2) is 13.8 Å². The second-order valence-corrected chi connectivity index (χ2v) is 12.0. The van der Waals surface area contributed by atoms with E-state index < -0.39 is 28.7 Å². The van der Waals surface area contributed by atoms with Crippen molar-refractivity contribution in [2.45, 2.75) is 63.7 Å². The summed E-state index contributed by atoms with van der Waals surface area (Å²) >= 11 is 0. The molecule has 2 aromatic carbocycles. The van der Waals surface area contributed by atoms with Gasteiger partial charge in [-0.3, -0.25) is 4.79 Å². The smallest absolute Gasteiger partial charge is 0.251 e. The number of amides is 1. The Hall–Kier alpha value is -4.02. The number of fused-ring (bicyclic) bond motifs is 1. The molecule has 8 nitrogen and oxygen atoms in total. The van der Waals surface area contributed by atoms with Gasteiger partial charge in [-0.2, -0.15) is 5.10 Å². The van der Waals surface area contributed by atoms with E-state index in [9.17, 15) is 19.4 Å². The number of aryl methyl sites for hydroxylation is 1. The molecule has 0 bridgehead atoms. The van der Waals surface area contributed by atoms with E-state index in [1.807, 2.05) is 13.0 Å². The topological polar surface area (TPSA) is 120 Å². The molecule has 42 heavy (non-hydrogen) atoms. The van der Waals surface area contributed by atoms with Crippen LogP contribution in [0, 0.1) is 24.5 Å². The Labute approximate surface area is 242 Å². The van der Waals surface area contributed by atoms with Gasteiger partial charge in [0.05, 0.1) is 29.2 Å². The van der Waals surface area contributed by atoms with E-state index in [0.29, 0.717) is 35.5 Å².